The van der Waals surface area contributed by atoms with Crippen LogP contribution in [0.4, 0.5) is 0 Å². The molecule has 0 aromatic carbocycles. The molecule has 1 fully saturated rings. The Kier molecular flexibility index (Phi) is 3.33. The molecule has 0 bridgehead atoms. The Labute approximate surface area is 100 Å². The summed E-state index contributed by atoms with van der Waals surface area (Å²) in [5.74, 6) is 0.689. The minimum absolute atomic E-state index is 0.0123. The number of carbonyl (C=O) groups is 1. The Hall–Kier alpha value is -1.17. The lowest BCUT2D eigenvalue weighted by atomic mass is 10.2. The Morgan fingerprint density at radius 1 is 1.59 bits per heavy atom. The van der Waals surface area contributed by atoms with Gasteiger partial charge in [-0.3, -0.25) is 4.79 Å². The van der Waals surface area contributed by atoms with Crippen molar-refractivity contribution in [2.75, 3.05) is 5.75 Å². The normalized spacial score (nSPS) is 22.8. The van der Waals surface area contributed by atoms with Crippen molar-refractivity contribution >= 4 is 15.6 Å². The first-order chi connectivity index (χ1) is 7.97. The van der Waals surface area contributed by atoms with Crippen LogP contribution >= 0.6 is 0 Å². The van der Waals surface area contributed by atoms with Crippen molar-refractivity contribution in [1.82, 2.24) is 4.98 Å². The minimum atomic E-state index is -2.97. The van der Waals surface area contributed by atoms with E-state index in [1.807, 2.05) is 0 Å². The second kappa shape index (κ2) is 4.60. The van der Waals surface area contributed by atoms with Crippen LogP contribution in [0.15, 0.2) is 10.7 Å². The Morgan fingerprint density at radius 2 is 2.35 bits per heavy atom. The molecule has 2 rings (SSSR count). The molecule has 0 radical (unpaired) electrons. The molecule has 1 saturated heterocycles. The van der Waals surface area contributed by atoms with Crippen LogP contribution in [0.1, 0.15) is 31.4 Å². The molecular weight excluding hydrogens is 242 g/mol. The highest BCUT2D eigenvalue weighted by molar-refractivity contribution is 7.92. The standard InChI is InChI=1S/C11H15NO4S/c1-8(13)5-9-7-16-11(12-9)6-10-3-2-4-17(10,14)15/h7,10H,2-6H2,1H3. The summed E-state index contributed by atoms with van der Waals surface area (Å²) < 4.78 is 28.4. The molecule has 17 heavy (non-hydrogen) atoms. The predicted octanol–water partition coefficient (Wildman–Crippen LogP) is 0.926. The van der Waals surface area contributed by atoms with E-state index in [0.29, 0.717) is 30.8 Å². The summed E-state index contributed by atoms with van der Waals surface area (Å²) in [4.78, 5) is 15.0. The van der Waals surface area contributed by atoms with Crippen LogP contribution in [0.25, 0.3) is 0 Å². The van der Waals surface area contributed by atoms with Gasteiger partial charge in [-0.1, -0.05) is 0 Å². The highest BCUT2D eigenvalue weighted by Gasteiger charge is 2.32. The van der Waals surface area contributed by atoms with E-state index in [-0.39, 0.29) is 23.2 Å². The van der Waals surface area contributed by atoms with E-state index < -0.39 is 9.84 Å². The molecule has 2 heterocycles. The molecule has 5 nitrogen and oxygen atoms in total. The van der Waals surface area contributed by atoms with Gasteiger partial charge in [0.05, 0.1) is 23.1 Å². The van der Waals surface area contributed by atoms with Gasteiger partial charge in [0.25, 0.3) is 0 Å². The van der Waals surface area contributed by atoms with Crippen molar-refractivity contribution in [3.05, 3.63) is 17.8 Å². The molecule has 1 unspecified atom stereocenters. The van der Waals surface area contributed by atoms with Crippen molar-refractivity contribution in [2.45, 2.75) is 37.9 Å². The Morgan fingerprint density at radius 3 is 2.94 bits per heavy atom. The number of aromatic nitrogens is 1. The number of Topliss-reactive ketones (excluding diaryl/α,β-unsaturated/α-hetero) is 1. The summed E-state index contributed by atoms with van der Waals surface area (Å²) in [6.07, 6.45) is 3.38. The number of rotatable bonds is 4. The van der Waals surface area contributed by atoms with Crippen LogP contribution in [-0.2, 0) is 27.5 Å². The number of hydrogen-bond donors (Lipinski definition) is 0. The molecule has 94 valence electrons. The maximum atomic E-state index is 11.6. The first-order valence-corrected chi connectivity index (χ1v) is 7.33. The van der Waals surface area contributed by atoms with Crippen molar-refractivity contribution < 1.29 is 17.6 Å². The number of nitrogens with zero attached hydrogens (tertiary/aromatic N) is 1. The molecule has 1 aromatic rings. The van der Waals surface area contributed by atoms with Crippen molar-refractivity contribution in [2.24, 2.45) is 0 Å². The van der Waals surface area contributed by atoms with Gasteiger partial charge in [0.2, 0.25) is 0 Å². The fraction of sp³-hybridized carbons (Fsp3) is 0.636. The summed E-state index contributed by atoms with van der Waals surface area (Å²) in [5.41, 5.74) is 0.572. The van der Waals surface area contributed by atoms with Gasteiger partial charge in [0, 0.05) is 6.42 Å². The maximum absolute atomic E-state index is 11.6. The molecule has 1 aliphatic heterocycles. The monoisotopic (exact) mass is 257 g/mol. The van der Waals surface area contributed by atoms with Gasteiger partial charge < -0.3 is 4.42 Å². The zero-order valence-corrected chi connectivity index (χ0v) is 10.5. The highest BCUT2D eigenvalue weighted by Crippen LogP contribution is 2.23. The van der Waals surface area contributed by atoms with Crippen LogP contribution in [0.3, 0.4) is 0 Å². The summed E-state index contributed by atoms with van der Waals surface area (Å²) in [5, 5.41) is -0.369. The van der Waals surface area contributed by atoms with E-state index >= 15 is 0 Å². The van der Waals surface area contributed by atoms with Crippen LogP contribution < -0.4 is 0 Å². The van der Waals surface area contributed by atoms with E-state index in [1.54, 1.807) is 0 Å². The number of hydrogen-bond acceptors (Lipinski definition) is 5. The average Bonchev–Trinajstić information content (AvgIpc) is 2.75. The quantitative estimate of drug-likeness (QED) is 0.801. The third-order valence-corrected chi connectivity index (χ3v) is 5.17. The van der Waals surface area contributed by atoms with Crippen molar-refractivity contribution in [3.63, 3.8) is 0 Å². The van der Waals surface area contributed by atoms with E-state index in [9.17, 15) is 13.2 Å². The number of ketones is 1. The first kappa shape index (κ1) is 12.3. The van der Waals surface area contributed by atoms with Gasteiger partial charge in [-0.25, -0.2) is 13.4 Å². The van der Waals surface area contributed by atoms with Crippen molar-refractivity contribution in [1.29, 1.82) is 0 Å². The summed E-state index contributed by atoms with van der Waals surface area (Å²) in [6.45, 7) is 1.48. The van der Waals surface area contributed by atoms with Gasteiger partial charge in [-0.2, -0.15) is 0 Å². The summed E-state index contributed by atoms with van der Waals surface area (Å²) >= 11 is 0. The Bertz CT molecular complexity index is 517. The van der Waals surface area contributed by atoms with Crippen LogP contribution in [0, 0.1) is 0 Å². The van der Waals surface area contributed by atoms with Gasteiger partial charge >= 0.3 is 0 Å². The van der Waals surface area contributed by atoms with E-state index in [4.69, 9.17) is 4.42 Å². The fourth-order valence-electron chi connectivity index (χ4n) is 2.06. The molecular formula is C11H15NO4S. The minimum Gasteiger partial charge on any atom is -0.449 e. The molecule has 6 heteroatoms. The molecule has 0 N–H and O–H groups in total. The molecule has 0 amide bonds. The van der Waals surface area contributed by atoms with Crippen LogP contribution in [-0.4, -0.2) is 30.2 Å². The predicted molar refractivity (Wildman–Crippen MR) is 61.4 cm³/mol. The topological polar surface area (TPSA) is 77.2 Å². The van der Waals surface area contributed by atoms with Gasteiger partial charge in [0.15, 0.2) is 15.7 Å². The lowest BCUT2D eigenvalue weighted by Gasteiger charge is -2.04. The summed E-state index contributed by atoms with van der Waals surface area (Å²) in [7, 11) is -2.97. The second-order valence-corrected chi connectivity index (χ2v) is 6.85. The zero-order valence-electron chi connectivity index (χ0n) is 9.68. The van der Waals surface area contributed by atoms with E-state index in [2.05, 4.69) is 4.98 Å². The molecule has 0 aliphatic carbocycles. The largest absolute Gasteiger partial charge is 0.449 e. The van der Waals surface area contributed by atoms with Crippen molar-refractivity contribution in [3.8, 4) is 0 Å². The number of sulfone groups is 1. The lowest BCUT2D eigenvalue weighted by Crippen LogP contribution is -2.18. The van der Waals surface area contributed by atoms with E-state index in [1.165, 1.54) is 13.2 Å². The molecule has 1 atom stereocenters. The van der Waals surface area contributed by atoms with Gasteiger partial charge in [0.1, 0.15) is 12.0 Å². The van der Waals surface area contributed by atoms with Crippen LogP contribution in [0.2, 0.25) is 0 Å². The summed E-state index contributed by atoms with van der Waals surface area (Å²) in [6, 6.07) is 0. The molecule has 0 spiro atoms. The fourth-order valence-corrected chi connectivity index (χ4v) is 3.89. The zero-order chi connectivity index (χ0) is 12.5. The van der Waals surface area contributed by atoms with Gasteiger partial charge in [-0.15, -0.1) is 0 Å². The molecule has 1 aliphatic rings. The SMILES string of the molecule is CC(=O)Cc1coc(CC2CCCS2(=O)=O)n1. The first-order valence-electron chi connectivity index (χ1n) is 5.61. The molecule has 1 aromatic heterocycles. The maximum Gasteiger partial charge on any atom is 0.195 e. The van der Waals surface area contributed by atoms with Crippen LogP contribution in [0.5, 0.6) is 0 Å². The van der Waals surface area contributed by atoms with E-state index in [0.717, 1.165) is 0 Å². The molecule has 0 saturated carbocycles. The Balaban J connectivity index is 2.04. The number of carbonyl (C=O) groups excluding carboxylic acids is 1. The average molecular weight is 257 g/mol. The third kappa shape index (κ3) is 2.94. The number of oxazole rings is 1. The van der Waals surface area contributed by atoms with Gasteiger partial charge in [-0.05, 0) is 19.8 Å². The third-order valence-electron chi connectivity index (χ3n) is 2.89. The second-order valence-electron chi connectivity index (χ2n) is 4.45. The highest BCUT2D eigenvalue weighted by atomic mass is 32.2. The smallest absolute Gasteiger partial charge is 0.195 e. The lowest BCUT2D eigenvalue weighted by molar-refractivity contribution is -0.116.